The molecule has 29 heavy (non-hydrogen) atoms. The van der Waals surface area contributed by atoms with Crippen LogP contribution in [0.15, 0.2) is 18.3 Å². The second kappa shape index (κ2) is 7.31. The predicted molar refractivity (Wildman–Crippen MR) is 111 cm³/mol. The zero-order valence-corrected chi connectivity index (χ0v) is 16.9. The topological polar surface area (TPSA) is 100 Å². The summed E-state index contributed by atoms with van der Waals surface area (Å²) in [6, 6.07) is 3.58. The smallest absolute Gasteiger partial charge is 0.340 e. The van der Waals surface area contributed by atoms with Crippen molar-refractivity contribution in [3.8, 4) is 11.3 Å². The molecule has 3 heterocycles. The van der Waals surface area contributed by atoms with E-state index in [1.54, 1.807) is 32.2 Å². The van der Waals surface area contributed by atoms with Gasteiger partial charge in [-0.15, -0.1) is 0 Å². The standard InChI is InChI=1S/C22H24N4O3/c1-4-29-22(28)17-12(2)24-21-19(18(17)16-10-7-11-26(16)13(3)27)20(23)14-8-5-6-9-15(14)25-21/h7,10-11H,4-6,8-9H2,1-3H3,(H2,23,24,25). The van der Waals surface area contributed by atoms with E-state index in [-0.39, 0.29) is 12.5 Å². The molecule has 3 aromatic heterocycles. The molecule has 0 fully saturated rings. The number of hydrogen-bond donors (Lipinski definition) is 1. The maximum Gasteiger partial charge on any atom is 0.340 e. The molecule has 3 aromatic rings. The second-order valence-electron chi connectivity index (χ2n) is 7.31. The molecular weight excluding hydrogens is 368 g/mol. The lowest BCUT2D eigenvalue weighted by Crippen LogP contribution is -2.16. The van der Waals surface area contributed by atoms with Gasteiger partial charge < -0.3 is 10.5 Å². The van der Waals surface area contributed by atoms with Crippen LogP contribution in [-0.4, -0.2) is 33.0 Å². The number of aryl methyl sites for hydroxylation is 2. The minimum Gasteiger partial charge on any atom is -0.462 e. The highest BCUT2D eigenvalue weighted by Crippen LogP contribution is 2.39. The minimum absolute atomic E-state index is 0.160. The molecule has 0 saturated carbocycles. The van der Waals surface area contributed by atoms with E-state index in [4.69, 9.17) is 15.5 Å². The van der Waals surface area contributed by atoms with Crippen molar-refractivity contribution in [2.24, 2.45) is 0 Å². The molecule has 1 aliphatic carbocycles. The SMILES string of the molecule is CCOC(=O)c1c(C)nc2nc3c(c(N)c2c1-c1cccn1C(C)=O)CCCC3. The van der Waals surface area contributed by atoms with Gasteiger partial charge in [-0.1, -0.05) is 0 Å². The highest BCUT2D eigenvalue weighted by Gasteiger charge is 2.28. The molecule has 0 radical (unpaired) electrons. The first-order valence-corrected chi connectivity index (χ1v) is 9.91. The Labute approximate surface area is 168 Å². The zero-order chi connectivity index (χ0) is 20.7. The van der Waals surface area contributed by atoms with Gasteiger partial charge in [-0.3, -0.25) is 9.36 Å². The van der Waals surface area contributed by atoms with Gasteiger partial charge in [-0.25, -0.2) is 14.8 Å². The van der Waals surface area contributed by atoms with Crippen LogP contribution < -0.4 is 5.73 Å². The van der Waals surface area contributed by atoms with Crippen molar-refractivity contribution in [2.45, 2.75) is 46.5 Å². The van der Waals surface area contributed by atoms with E-state index in [2.05, 4.69) is 4.98 Å². The molecule has 0 aliphatic heterocycles. The molecular formula is C22H24N4O3. The van der Waals surface area contributed by atoms with Crippen LogP contribution in [0, 0.1) is 6.92 Å². The zero-order valence-electron chi connectivity index (χ0n) is 16.9. The van der Waals surface area contributed by atoms with Gasteiger partial charge >= 0.3 is 5.97 Å². The molecule has 0 spiro atoms. The molecule has 150 valence electrons. The molecule has 0 aromatic carbocycles. The number of nitrogen functional groups attached to an aromatic ring is 1. The van der Waals surface area contributed by atoms with Gasteiger partial charge in [0.15, 0.2) is 5.65 Å². The summed E-state index contributed by atoms with van der Waals surface area (Å²) in [5.41, 5.74) is 11.7. The summed E-state index contributed by atoms with van der Waals surface area (Å²) in [7, 11) is 0. The molecule has 1 aliphatic rings. The maximum absolute atomic E-state index is 12.9. The third kappa shape index (κ3) is 3.06. The summed E-state index contributed by atoms with van der Waals surface area (Å²) in [4.78, 5) is 34.5. The number of aromatic nitrogens is 3. The third-order valence-electron chi connectivity index (χ3n) is 5.46. The molecule has 0 bridgehead atoms. The first-order chi connectivity index (χ1) is 13.9. The van der Waals surface area contributed by atoms with Gasteiger partial charge in [0.05, 0.1) is 28.9 Å². The lowest BCUT2D eigenvalue weighted by atomic mass is 9.90. The monoisotopic (exact) mass is 392 g/mol. The summed E-state index contributed by atoms with van der Waals surface area (Å²) < 4.78 is 6.82. The number of nitrogens with zero attached hydrogens (tertiary/aromatic N) is 3. The predicted octanol–water partition coefficient (Wildman–Crippen LogP) is 3.70. The average Bonchev–Trinajstić information content (AvgIpc) is 3.17. The summed E-state index contributed by atoms with van der Waals surface area (Å²) in [6.45, 7) is 5.23. The number of fused-ring (bicyclic) bond motifs is 2. The van der Waals surface area contributed by atoms with Gasteiger partial charge in [0.2, 0.25) is 5.91 Å². The minimum atomic E-state index is -0.483. The van der Waals surface area contributed by atoms with E-state index in [1.807, 2.05) is 0 Å². The molecule has 2 N–H and O–H groups in total. The van der Waals surface area contributed by atoms with E-state index in [1.165, 1.54) is 11.5 Å². The number of carbonyl (C=O) groups excluding carboxylic acids is 2. The fraction of sp³-hybridized carbons (Fsp3) is 0.364. The van der Waals surface area contributed by atoms with E-state index >= 15 is 0 Å². The number of ether oxygens (including phenoxy) is 1. The van der Waals surface area contributed by atoms with Crippen molar-refractivity contribution < 1.29 is 14.3 Å². The molecule has 0 amide bonds. The number of carbonyl (C=O) groups is 2. The lowest BCUT2D eigenvalue weighted by molar-refractivity contribution is 0.0525. The van der Waals surface area contributed by atoms with Crippen molar-refractivity contribution in [1.29, 1.82) is 0 Å². The fourth-order valence-electron chi connectivity index (χ4n) is 4.17. The fourth-order valence-corrected chi connectivity index (χ4v) is 4.17. The largest absolute Gasteiger partial charge is 0.462 e. The number of anilines is 1. The van der Waals surface area contributed by atoms with Gasteiger partial charge in [-0.2, -0.15) is 0 Å². The summed E-state index contributed by atoms with van der Waals surface area (Å²) in [6.07, 6.45) is 5.52. The molecule has 0 unspecified atom stereocenters. The quantitative estimate of drug-likeness (QED) is 0.682. The van der Waals surface area contributed by atoms with Crippen LogP contribution >= 0.6 is 0 Å². The van der Waals surface area contributed by atoms with Crippen molar-refractivity contribution in [1.82, 2.24) is 14.5 Å². The molecule has 7 heteroatoms. The number of hydrogen-bond acceptors (Lipinski definition) is 6. The Kier molecular flexibility index (Phi) is 4.82. The van der Waals surface area contributed by atoms with E-state index in [0.29, 0.717) is 39.2 Å². The van der Waals surface area contributed by atoms with Crippen LogP contribution in [0.4, 0.5) is 5.69 Å². The first kappa shape index (κ1) is 19.1. The van der Waals surface area contributed by atoms with Crippen LogP contribution in [-0.2, 0) is 17.6 Å². The molecule has 0 saturated heterocycles. The van der Waals surface area contributed by atoms with Crippen LogP contribution in [0.3, 0.4) is 0 Å². The molecule has 7 nitrogen and oxygen atoms in total. The maximum atomic E-state index is 12.9. The Hall–Kier alpha value is -3.22. The van der Waals surface area contributed by atoms with Gasteiger partial charge in [-0.05, 0) is 57.2 Å². The summed E-state index contributed by atoms with van der Waals surface area (Å²) in [5, 5.41) is 0.612. The van der Waals surface area contributed by atoms with E-state index in [0.717, 1.165) is 36.9 Å². The summed E-state index contributed by atoms with van der Waals surface area (Å²) >= 11 is 0. The average molecular weight is 392 g/mol. The summed E-state index contributed by atoms with van der Waals surface area (Å²) in [5.74, 6) is -0.644. The van der Waals surface area contributed by atoms with Crippen LogP contribution in [0.2, 0.25) is 0 Å². The Morgan fingerprint density at radius 2 is 2.00 bits per heavy atom. The Morgan fingerprint density at radius 3 is 2.72 bits per heavy atom. The molecule has 4 rings (SSSR count). The van der Waals surface area contributed by atoms with Crippen LogP contribution in [0.5, 0.6) is 0 Å². The molecule has 0 atom stereocenters. The van der Waals surface area contributed by atoms with Gasteiger partial charge in [0.1, 0.15) is 0 Å². The Morgan fingerprint density at radius 1 is 1.24 bits per heavy atom. The van der Waals surface area contributed by atoms with Crippen molar-refractivity contribution in [2.75, 3.05) is 12.3 Å². The van der Waals surface area contributed by atoms with Crippen LogP contribution in [0.1, 0.15) is 58.8 Å². The Balaban J connectivity index is 2.16. The van der Waals surface area contributed by atoms with Crippen molar-refractivity contribution >= 4 is 28.6 Å². The van der Waals surface area contributed by atoms with E-state index in [9.17, 15) is 9.59 Å². The third-order valence-corrected chi connectivity index (χ3v) is 5.46. The number of esters is 1. The lowest BCUT2D eigenvalue weighted by Gasteiger charge is -2.22. The van der Waals surface area contributed by atoms with Gasteiger partial charge in [0.25, 0.3) is 0 Å². The number of rotatable bonds is 3. The highest BCUT2D eigenvalue weighted by atomic mass is 16.5. The first-order valence-electron chi connectivity index (χ1n) is 9.91. The number of nitrogens with two attached hydrogens (primary N) is 1. The van der Waals surface area contributed by atoms with Crippen molar-refractivity contribution in [3.63, 3.8) is 0 Å². The highest BCUT2D eigenvalue weighted by molar-refractivity contribution is 6.11. The normalized spacial score (nSPS) is 13.3. The van der Waals surface area contributed by atoms with Crippen LogP contribution in [0.25, 0.3) is 22.3 Å². The second-order valence-corrected chi connectivity index (χ2v) is 7.31. The van der Waals surface area contributed by atoms with Gasteiger partial charge in [0, 0.05) is 30.1 Å². The number of pyridine rings is 2. The van der Waals surface area contributed by atoms with E-state index < -0.39 is 5.97 Å². The van der Waals surface area contributed by atoms with Crippen molar-refractivity contribution in [3.05, 3.63) is 40.8 Å². The Bertz CT molecular complexity index is 1150.